The van der Waals surface area contributed by atoms with Crippen LogP contribution in [-0.4, -0.2) is 47.2 Å². The van der Waals surface area contributed by atoms with Gasteiger partial charge in [0.15, 0.2) is 0 Å². The molecule has 1 amide bonds. The summed E-state index contributed by atoms with van der Waals surface area (Å²) in [5.41, 5.74) is 1.36. The molecule has 0 N–H and O–H groups in total. The second-order valence-electron chi connectivity index (χ2n) is 6.64. The van der Waals surface area contributed by atoms with Crippen molar-refractivity contribution in [2.75, 3.05) is 13.1 Å². The summed E-state index contributed by atoms with van der Waals surface area (Å²) < 4.78 is 5.44. The lowest BCUT2D eigenvalue weighted by molar-refractivity contribution is 0.0860. The number of carbonyl (C=O) groups excluding carboxylic acids is 1. The fourth-order valence-corrected chi connectivity index (χ4v) is 4.36. The summed E-state index contributed by atoms with van der Waals surface area (Å²) in [6.07, 6.45) is 2.35. The van der Waals surface area contributed by atoms with Crippen LogP contribution in [0.4, 0.5) is 4.79 Å². The quantitative estimate of drug-likeness (QED) is 0.837. The zero-order valence-corrected chi connectivity index (χ0v) is 12.4. The molecule has 4 aliphatic rings. The van der Waals surface area contributed by atoms with Crippen LogP contribution in [0.15, 0.2) is 30.3 Å². The van der Waals surface area contributed by atoms with E-state index in [9.17, 15) is 4.79 Å². The van der Waals surface area contributed by atoms with Crippen molar-refractivity contribution in [1.82, 2.24) is 9.80 Å². The molecule has 0 spiro atoms. The van der Waals surface area contributed by atoms with E-state index in [1.54, 1.807) is 0 Å². The molecule has 21 heavy (non-hydrogen) atoms. The van der Waals surface area contributed by atoms with E-state index < -0.39 is 0 Å². The van der Waals surface area contributed by atoms with Crippen molar-refractivity contribution >= 4 is 6.09 Å². The Kier molecular flexibility index (Phi) is 3.14. The average molecular weight is 286 g/mol. The highest BCUT2D eigenvalue weighted by atomic mass is 16.6. The summed E-state index contributed by atoms with van der Waals surface area (Å²) in [7, 11) is 0. The number of ether oxygens (including phenoxy) is 1. The zero-order valence-electron chi connectivity index (χ0n) is 12.4. The van der Waals surface area contributed by atoms with Gasteiger partial charge in [-0.25, -0.2) is 4.79 Å². The highest BCUT2D eigenvalue weighted by molar-refractivity contribution is 5.71. The molecule has 5 rings (SSSR count). The van der Waals surface area contributed by atoms with Crippen LogP contribution >= 0.6 is 0 Å². The number of fused-ring (bicyclic) bond motifs is 2. The normalized spacial score (nSPS) is 35.5. The third-order valence-corrected chi connectivity index (χ3v) is 5.34. The number of amides is 1. The van der Waals surface area contributed by atoms with Crippen LogP contribution in [0, 0.1) is 5.92 Å². The van der Waals surface area contributed by atoms with Crippen LogP contribution in [0.25, 0.3) is 0 Å². The summed E-state index contributed by atoms with van der Waals surface area (Å²) in [6.45, 7) is 4.95. The van der Waals surface area contributed by atoms with Gasteiger partial charge in [-0.3, -0.25) is 9.80 Å². The average Bonchev–Trinajstić information content (AvgIpc) is 2.66. The summed E-state index contributed by atoms with van der Waals surface area (Å²) in [6, 6.07) is 11.4. The first kappa shape index (κ1) is 13.1. The standard InChI is InChI=1S/C17H22N2O2/c1-12-16-14-7-8-15(11-19(16)17(20)21-12)18(10-14)9-13-5-3-2-4-6-13/h2-6,12,14-16H,7-11H2,1H3/t12-,14-,15-,16-/m1/s1. The van der Waals surface area contributed by atoms with Gasteiger partial charge in [-0.1, -0.05) is 30.3 Å². The Morgan fingerprint density at radius 3 is 2.81 bits per heavy atom. The SMILES string of the molecule is C[C@H]1OC(=O)N2C[C@H]3CC[C@H](CN3Cc3ccccc3)[C@@H]12. The maximum atomic E-state index is 12.0. The van der Waals surface area contributed by atoms with Gasteiger partial charge in [-0.05, 0) is 31.2 Å². The molecule has 4 heterocycles. The van der Waals surface area contributed by atoms with E-state index in [0.29, 0.717) is 12.0 Å². The first-order valence-corrected chi connectivity index (χ1v) is 7.97. The molecular weight excluding hydrogens is 264 g/mol. The van der Waals surface area contributed by atoms with Gasteiger partial charge in [-0.15, -0.1) is 0 Å². The van der Waals surface area contributed by atoms with Gasteiger partial charge in [0.05, 0.1) is 6.04 Å². The highest BCUT2D eigenvalue weighted by Crippen LogP contribution is 2.38. The van der Waals surface area contributed by atoms with Crippen LogP contribution in [0.5, 0.6) is 0 Å². The minimum Gasteiger partial charge on any atom is -0.444 e. The van der Waals surface area contributed by atoms with Crippen molar-refractivity contribution < 1.29 is 9.53 Å². The molecule has 4 atom stereocenters. The Hall–Kier alpha value is -1.55. The first-order chi connectivity index (χ1) is 10.2. The number of nitrogens with zero attached hydrogens (tertiary/aromatic N) is 2. The van der Waals surface area contributed by atoms with Gasteiger partial charge in [0.25, 0.3) is 0 Å². The predicted molar refractivity (Wildman–Crippen MR) is 79.8 cm³/mol. The molecule has 4 nitrogen and oxygen atoms in total. The lowest BCUT2D eigenvalue weighted by Gasteiger charge is -2.37. The second kappa shape index (κ2) is 5.02. The van der Waals surface area contributed by atoms with Gasteiger partial charge in [0.1, 0.15) is 6.10 Å². The Balaban J connectivity index is 1.56. The summed E-state index contributed by atoms with van der Waals surface area (Å²) in [5, 5.41) is 0. The van der Waals surface area contributed by atoms with Crippen molar-refractivity contribution in [3.8, 4) is 0 Å². The van der Waals surface area contributed by atoms with Gasteiger partial charge >= 0.3 is 6.09 Å². The van der Waals surface area contributed by atoms with E-state index in [0.717, 1.165) is 19.6 Å². The number of hydrogen-bond acceptors (Lipinski definition) is 3. The molecule has 4 fully saturated rings. The van der Waals surface area contributed by atoms with E-state index in [1.165, 1.54) is 18.4 Å². The van der Waals surface area contributed by atoms with Crippen LogP contribution in [0.2, 0.25) is 0 Å². The molecule has 4 saturated heterocycles. The molecule has 0 saturated carbocycles. The maximum Gasteiger partial charge on any atom is 0.410 e. The Morgan fingerprint density at radius 1 is 1.19 bits per heavy atom. The van der Waals surface area contributed by atoms with E-state index >= 15 is 0 Å². The molecule has 4 heteroatoms. The number of hydrogen-bond donors (Lipinski definition) is 0. The molecule has 1 aromatic carbocycles. The Bertz CT molecular complexity index is 533. The molecule has 112 valence electrons. The van der Waals surface area contributed by atoms with Crippen LogP contribution in [0.3, 0.4) is 0 Å². The van der Waals surface area contributed by atoms with Crippen LogP contribution < -0.4 is 0 Å². The molecule has 0 radical (unpaired) electrons. The maximum absolute atomic E-state index is 12.0. The van der Waals surface area contributed by atoms with Crippen molar-refractivity contribution in [3.05, 3.63) is 35.9 Å². The van der Waals surface area contributed by atoms with E-state index in [-0.39, 0.29) is 18.2 Å². The fraction of sp³-hybridized carbons (Fsp3) is 0.588. The lowest BCUT2D eigenvalue weighted by Crippen LogP contribution is -2.44. The van der Waals surface area contributed by atoms with Crippen molar-refractivity contribution in [1.29, 1.82) is 0 Å². The van der Waals surface area contributed by atoms with E-state index in [4.69, 9.17) is 4.74 Å². The number of benzene rings is 1. The Morgan fingerprint density at radius 2 is 2.00 bits per heavy atom. The van der Waals surface area contributed by atoms with Gasteiger partial charge in [-0.2, -0.15) is 0 Å². The summed E-state index contributed by atoms with van der Waals surface area (Å²) in [5.74, 6) is 0.550. The summed E-state index contributed by atoms with van der Waals surface area (Å²) in [4.78, 5) is 16.6. The van der Waals surface area contributed by atoms with Gasteiger partial charge < -0.3 is 4.74 Å². The summed E-state index contributed by atoms with van der Waals surface area (Å²) >= 11 is 0. The first-order valence-electron chi connectivity index (χ1n) is 7.97. The monoisotopic (exact) mass is 286 g/mol. The van der Waals surface area contributed by atoms with E-state index in [2.05, 4.69) is 35.2 Å². The number of rotatable bonds is 2. The molecule has 4 aliphatic heterocycles. The minimum absolute atomic E-state index is 0.0397. The third kappa shape index (κ3) is 2.22. The van der Waals surface area contributed by atoms with Crippen molar-refractivity contribution in [2.24, 2.45) is 5.92 Å². The topological polar surface area (TPSA) is 32.8 Å². The van der Waals surface area contributed by atoms with Crippen LogP contribution in [-0.2, 0) is 11.3 Å². The molecule has 0 aliphatic carbocycles. The van der Waals surface area contributed by atoms with E-state index in [1.807, 2.05) is 11.8 Å². The molecule has 0 aromatic heterocycles. The number of cyclic esters (lactones) is 1. The predicted octanol–water partition coefficient (Wildman–Crippen LogP) is 2.49. The lowest BCUT2D eigenvalue weighted by atomic mass is 9.87. The third-order valence-electron chi connectivity index (χ3n) is 5.34. The smallest absolute Gasteiger partial charge is 0.410 e. The highest BCUT2D eigenvalue weighted by Gasteiger charge is 2.50. The molecular formula is C17H22N2O2. The largest absolute Gasteiger partial charge is 0.444 e. The molecule has 0 unspecified atom stereocenters. The van der Waals surface area contributed by atoms with Crippen LogP contribution in [0.1, 0.15) is 25.3 Å². The van der Waals surface area contributed by atoms with Gasteiger partial charge in [0.2, 0.25) is 0 Å². The molecule has 1 aromatic rings. The fourth-order valence-electron chi connectivity index (χ4n) is 4.36. The number of piperidine rings is 1. The minimum atomic E-state index is -0.106. The van der Waals surface area contributed by atoms with Gasteiger partial charge in [0, 0.05) is 25.7 Å². The second-order valence-corrected chi connectivity index (χ2v) is 6.64. The number of carbonyl (C=O) groups is 1. The Labute approximate surface area is 125 Å². The van der Waals surface area contributed by atoms with Crippen molar-refractivity contribution in [3.63, 3.8) is 0 Å². The molecule has 2 bridgehead atoms. The van der Waals surface area contributed by atoms with Crippen molar-refractivity contribution in [2.45, 2.75) is 44.5 Å². The zero-order chi connectivity index (χ0) is 14.4.